The number of rotatable bonds is 5. The van der Waals surface area contributed by atoms with E-state index in [2.05, 4.69) is 22.3 Å². The van der Waals surface area contributed by atoms with Crippen molar-refractivity contribution in [3.63, 3.8) is 0 Å². The molecule has 0 radical (unpaired) electrons. The maximum absolute atomic E-state index is 12.7. The van der Waals surface area contributed by atoms with Crippen molar-refractivity contribution in [2.75, 3.05) is 10.0 Å². The number of para-hydroxylation sites is 1. The molecule has 2 unspecified atom stereocenters. The van der Waals surface area contributed by atoms with Gasteiger partial charge in [0.1, 0.15) is 0 Å². The highest BCUT2D eigenvalue weighted by Gasteiger charge is 2.22. The molecule has 0 bridgehead atoms. The van der Waals surface area contributed by atoms with Crippen LogP contribution in [-0.2, 0) is 10.0 Å². The zero-order valence-electron chi connectivity index (χ0n) is 15.6. The van der Waals surface area contributed by atoms with Crippen molar-refractivity contribution in [2.24, 2.45) is 5.92 Å². The number of anilines is 2. The minimum Gasteiger partial charge on any atom is -0.359 e. The first-order valence-electron chi connectivity index (χ1n) is 9.30. The van der Waals surface area contributed by atoms with Crippen molar-refractivity contribution < 1.29 is 8.42 Å². The lowest BCUT2D eigenvalue weighted by molar-refractivity contribution is 0.309. The number of hydrogen-bond acceptors (Lipinski definition) is 3. The standard InChI is InChI=1S/C20H24ClN3O2S2/c1-14-7-2-4-11-18(14)23-20(27)22-15-8-6-9-16(13-15)28(25,26)24-19-12-5-3-10-17(19)21/h3,5-6,8-10,12-14,18,24H,2,4,7,11H2,1H3,(H2,22,23,27). The van der Waals surface area contributed by atoms with Gasteiger partial charge in [-0.25, -0.2) is 8.42 Å². The molecule has 0 saturated heterocycles. The van der Waals surface area contributed by atoms with E-state index in [-0.39, 0.29) is 4.90 Å². The Hall–Kier alpha value is -1.83. The summed E-state index contributed by atoms with van der Waals surface area (Å²) < 4.78 is 27.9. The van der Waals surface area contributed by atoms with Gasteiger partial charge in [-0.2, -0.15) is 0 Å². The largest absolute Gasteiger partial charge is 0.359 e. The topological polar surface area (TPSA) is 70.2 Å². The summed E-state index contributed by atoms with van der Waals surface area (Å²) >= 11 is 11.5. The quantitative estimate of drug-likeness (QED) is 0.574. The fraction of sp³-hybridized carbons (Fsp3) is 0.350. The molecule has 0 heterocycles. The third-order valence-electron chi connectivity index (χ3n) is 4.95. The van der Waals surface area contributed by atoms with Gasteiger partial charge in [0, 0.05) is 11.7 Å². The van der Waals surface area contributed by atoms with Crippen LogP contribution in [0.4, 0.5) is 11.4 Å². The molecule has 3 rings (SSSR count). The Balaban J connectivity index is 1.69. The summed E-state index contributed by atoms with van der Waals surface area (Å²) in [5, 5.41) is 7.31. The molecule has 1 fully saturated rings. The maximum atomic E-state index is 12.7. The van der Waals surface area contributed by atoms with Crippen LogP contribution in [0.3, 0.4) is 0 Å². The second-order valence-electron chi connectivity index (χ2n) is 7.08. The molecule has 0 spiro atoms. The van der Waals surface area contributed by atoms with Crippen LogP contribution in [0.15, 0.2) is 53.4 Å². The Labute approximate surface area is 176 Å². The minimum atomic E-state index is -3.77. The second kappa shape index (κ2) is 9.11. The van der Waals surface area contributed by atoms with Gasteiger partial charge < -0.3 is 10.6 Å². The van der Waals surface area contributed by atoms with E-state index in [9.17, 15) is 8.42 Å². The van der Waals surface area contributed by atoms with E-state index >= 15 is 0 Å². The first kappa shape index (κ1) is 20.9. The lowest BCUT2D eigenvalue weighted by atomic mass is 9.86. The Kier molecular flexibility index (Phi) is 6.80. The van der Waals surface area contributed by atoms with Gasteiger partial charge in [-0.3, -0.25) is 4.72 Å². The number of hydrogen-bond donors (Lipinski definition) is 3. The first-order chi connectivity index (χ1) is 13.3. The van der Waals surface area contributed by atoms with Crippen molar-refractivity contribution >= 4 is 50.3 Å². The predicted octanol–water partition coefficient (Wildman–Crippen LogP) is 5.01. The van der Waals surface area contributed by atoms with Crippen molar-refractivity contribution in [3.05, 3.63) is 53.6 Å². The van der Waals surface area contributed by atoms with Crippen LogP contribution in [0, 0.1) is 5.92 Å². The molecule has 0 aromatic heterocycles. The number of halogens is 1. The first-order valence-corrected chi connectivity index (χ1v) is 11.6. The SMILES string of the molecule is CC1CCCCC1NC(=S)Nc1cccc(S(=O)(=O)Nc2ccccc2Cl)c1. The van der Waals surface area contributed by atoms with E-state index in [0.717, 1.165) is 6.42 Å². The average Bonchev–Trinajstić information content (AvgIpc) is 2.65. The fourth-order valence-electron chi connectivity index (χ4n) is 3.35. The predicted molar refractivity (Wildman–Crippen MR) is 119 cm³/mol. The Morgan fingerprint density at radius 2 is 1.86 bits per heavy atom. The Morgan fingerprint density at radius 3 is 2.61 bits per heavy atom. The molecule has 5 nitrogen and oxygen atoms in total. The van der Waals surface area contributed by atoms with Crippen LogP contribution in [-0.4, -0.2) is 19.6 Å². The summed E-state index contributed by atoms with van der Waals surface area (Å²) in [5.41, 5.74) is 0.953. The molecule has 3 N–H and O–H groups in total. The van der Waals surface area contributed by atoms with Gasteiger partial charge in [0.15, 0.2) is 5.11 Å². The number of sulfonamides is 1. The number of benzene rings is 2. The molecule has 2 aromatic carbocycles. The Bertz CT molecular complexity index is 950. The van der Waals surface area contributed by atoms with Gasteiger partial charge in [-0.05, 0) is 61.3 Å². The smallest absolute Gasteiger partial charge is 0.262 e. The highest BCUT2D eigenvalue weighted by Crippen LogP contribution is 2.26. The lowest BCUT2D eigenvalue weighted by Crippen LogP contribution is -2.43. The molecule has 1 aliphatic rings. The molecular weight excluding hydrogens is 414 g/mol. The summed E-state index contributed by atoms with van der Waals surface area (Å²) in [5.74, 6) is 0.569. The average molecular weight is 438 g/mol. The van der Waals surface area contributed by atoms with E-state index in [1.165, 1.54) is 25.3 Å². The third-order valence-corrected chi connectivity index (χ3v) is 6.86. The normalized spacial score (nSPS) is 19.6. The van der Waals surface area contributed by atoms with Crippen LogP contribution in [0.1, 0.15) is 32.6 Å². The summed E-state index contributed by atoms with van der Waals surface area (Å²) in [6.07, 6.45) is 4.75. The van der Waals surface area contributed by atoms with Crippen molar-refractivity contribution in [3.8, 4) is 0 Å². The van der Waals surface area contributed by atoms with Crippen molar-refractivity contribution in [2.45, 2.75) is 43.5 Å². The van der Waals surface area contributed by atoms with Crippen LogP contribution >= 0.6 is 23.8 Å². The van der Waals surface area contributed by atoms with E-state index in [1.54, 1.807) is 42.5 Å². The highest BCUT2D eigenvalue weighted by atomic mass is 35.5. The van der Waals surface area contributed by atoms with Gasteiger partial charge in [0.05, 0.1) is 15.6 Å². The van der Waals surface area contributed by atoms with Crippen LogP contribution in [0.25, 0.3) is 0 Å². The van der Waals surface area contributed by atoms with Crippen molar-refractivity contribution in [1.82, 2.24) is 5.32 Å². The van der Waals surface area contributed by atoms with Gasteiger partial charge in [-0.15, -0.1) is 0 Å². The molecule has 1 saturated carbocycles. The summed E-state index contributed by atoms with van der Waals surface area (Å²) in [4.78, 5) is 0.131. The van der Waals surface area contributed by atoms with E-state index in [1.807, 2.05) is 0 Å². The molecule has 1 aliphatic carbocycles. The molecule has 2 atom stereocenters. The van der Waals surface area contributed by atoms with Crippen LogP contribution < -0.4 is 15.4 Å². The van der Waals surface area contributed by atoms with Crippen LogP contribution in [0.2, 0.25) is 5.02 Å². The zero-order chi connectivity index (χ0) is 20.1. The molecule has 150 valence electrons. The third kappa shape index (κ3) is 5.37. The molecule has 0 aliphatic heterocycles. The number of thiocarbonyl (C=S) groups is 1. The van der Waals surface area contributed by atoms with Gasteiger partial charge >= 0.3 is 0 Å². The minimum absolute atomic E-state index is 0.131. The lowest BCUT2D eigenvalue weighted by Gasteiger charge is -2.30. The van der Waals surface area contributed by atoms with Crippen molar-refractivity contribution in [1.29, 1.82) is 0 Å². The molecule has 28 heavy (non-hydrogen) atoms. The van der Waals surface area contributed by atoms with Gasteiger partial charge in [0.25, 0.3) is 10.0 Å². The van der Waals surface area contributed by atoms with Gasteiger partial charge in [0.2, 0.25) is 0 Å². The summed E-state index contributed by atoms with van der Waals surface area (Å²) in [6, 6.07) is 13.6. The summed E-state index contributed by atoms with van der Waals surface area (Å²) in [6.45, 7) is 2.23. The zero-order valence-corrected chi connectivity index (χ0v) is 18.0. The second-order valence-corrected chi connectivity index (χ2v) is 9.58. The highest BCUT2D eigenvalue weighted by molar-refractivity contribution is 7.92. The van der Waals surface area contributed by atoms with E-state index in [4.69, 9.17) is 23.8 Å². The molecule has 0 amide bonds. The van der Waals surface area contributed by atoms with E-state index in [0.29, 0.717) is 33.5 Å². The molecular formula is C20H24ClN3O2S2. The number of nitrogens with one attached hydrogen (secondary N) is 3. The van der Waals surface area contributed by atoms with Gasteiger partial charge in [-0.1, -0.05) is 49.6 Å². The van der Waals surface area contributed by atoms with E-state index < -0.39 is 10.0 Å². The molecule has 8 heteroatoms. The maximum Gasteiger partial charge on any atom is 0.262 e. The monoisotopic (exact) mass is 437 g/mol. The van der Waals surface area contributed by atoms with Crippen LogP contribution in [0.5, 0.6) is 0 Å². The molecule has 2 aromatic rings. The fourth-order valence-corrected chi connectivity index (χ4v) is 4.99. The summed E-state index contributed by atoms with van der Waals surface area (Å²) in [7, 11) is -3.77. The Morgan fingerprint density at radius 1 is 1.11 bits per heavy atom.